The lowest BCUT2D eigenvalue weighted by atomic mass is 10.4. The third-order valence-corrected chi connectivity index (χ3v) is 4.27. The molecule has 0 radical (unpaired) electrons. The van der Waals surface area contributed by atoms with Crippen LogP contribution in [-0.2, 0) is 24.3 Å². The minimum Gasteiger partial charge on any atom is -0.467 e. The van der Waals surface area contributed by atoms with Crippen molar-refractivity contribution in [3.8, 4) is 0 Å². The highest BCUT2D eigenvalue weighted by molar-refractivity contribution is 7.09. The van der Waals surface area contributed by atoms with Crippen LogP contribution in [0, 0.1) is 0 Å². The Morgan fingerprint density at radius 1 is 1.38 bits per heavy atom. The number of thiazole rings is 1. The summed E-state index contributed by atoms with van der Waals surface area (Å²) in [4.78, 5) is 9.11. The highest BCUT2D eigenvalue weighted by Gasteiger charge is 2.01. The second-order valence-electron chi connectivity index (χ2n) is 5.19. The Balaban J connectivity index is 1.65. The van der Waals surface area contributed by atoms with Gasteiger partial charge in [-0.3, -0.25) is 0 Å². The zero-order valence-corrected chi connectivity index (χ0v) is 15.2. The minimum absolute atomic E-state index is 0.519. The first-order chi connectivity index (χ1) is 11.8. The summed E-state index contributed by atoms with van der Waals surface area (Å²) in [5, 5.41) is 9.80. The van der Waals surface area contributed by atoms with E-state index >= 15 is 0 Å². The third kappa shape index (κ3) is 6.72. The highest BCUT2D eigenvalue weighted by Crippen LogP contribution is 2.10. The second kappa shape index (κ2) is 10.8. The molecule has 0 fully saturated rings. The van der Waals surface area contributed by atoms with Gasteiger partial charge in [-0.25, -0.2) is 9.98 Å². The monoisotopic (exact) mass is 350 g/mol. The maximum Gasteiger partial charge on any atom is 0.191 e. The number of aliphatic imine (C=N–C) groups is 1. The van der Waals surface area contributed by atoms with Gasteiger partial charge < -0.3 is 19.8 Å². The topological polar surface area (TPSA) is 71.7 Å². The van der Waals surface area contributed by atoms with E-state index in [4.69, 9.17) is 9.15 Å². The fraction of sp³-hybridized carbons (Fsp3) is 0.529. The van der Waals surface area contributed by atoms with Crippen molar-refractivity contribution >= 4 is 17.3 Å². The van der Waals surface area contributed by atoms with Crippen LogP contribution in [-0.4, -0.2) is 30.6 Å². The molecular weight excluding hydrogens is 324 g/mol. The first-order valence-corrected chi connectivity index (χ1v) is 9.25. The van der Waals surface area contributed by atoms with Crippen LogP contribution in [0.3, 0.4) is 0 Å². The summed E-state index contributed by atoms with van der Waals surface area (Å²) >= 11 is 1.69. The van der Waals surface area contributed by atoms with Crippen LogP contribution in [0.1, 0.15) is 36.7 Å². The SMILES string of the molecule is CCNC(=NCc1csc(CC)n1)NCCCOCc1ccco1. The normalized spacial score (nSPS) is 11.7. The fourth-order valence-corrected chi connectivity index (χ4v) is 2.77. The number of nitrogens with zero attached hydrogens (tertiary/aromatic N) is 2. The first-order valence-electron chi connectivity index (χ1n) is 8.37. The van der Waals surface area contributed by atoms with Gasteiger partial charge in [-0.15, -0.1) is 11.3 Å². The maximum absolute atomic E-state index is 5.56. The van der Waals surface area contributed by atoms with Gasteiger partial charge in [0.2, 0.25) is 0 Å². The van der Waals surface area contributed by atoms with E-state index in [1.165, 1.54) is 0 Å². The molecule has 0 saturated carbocycles. The highest BCUT2D eigenvalue weighted by atomic mass is 32.1. The molecule has 7 heteroatoms. The molecule has 24 heavy (non-hydrogen) atoms. The summed E-state index contributed by atoms with van der Waals surface area (Å²) in [5.74, 6) is 1.67. The number of hydrogen-bond acceptors (Lipinski definition) is 5. The average Bonchev–Trinajstić information content (AvgIpc) is 3.27. The van der Waals surface area contributed by atoms with Crippen LogP contribution in [0.5, 0.6) is 0 Å². The quantitative estimate of drug-likeness (QED) is 0.392. The predicted octanol–water partition coefficient (Wildman–Crippen LogP) is 2.96. The average molecular weight is 350 g/mol. The molecule has 0 aliphatic heterocycles. The van der Waals surface area contributed by atoms with E-state index in [2.05, 4.69) is 39.8 Å². The Labute approximate surface area is 147 Å². The van der Waals surface area contributed by atoms with Crippen LogP contribution in [0.15, 0.2) is 33.2 Å². The summed E-state index contributed by atoms with van der Waals surface area (Å²) in [6, 6.07) is 3.78. The third-order valence-electron chi connectivity index (χ3n) is 3.23. The van der Waals surface area contributed by atoms with E-state index in [-0.39, 0.29) is 0 Å². The Kier molecular flexibility index (Phi) is 8.34. The van der Waals surface area contributed by atoms with Crippen molar-refractivity contribution in [2.75, 3.05) is 19.7 Å². The molecule has 2 aromatic heterocycles. The summed E-state index contributed by atoms with van der Waals surface area (Å²) < 4.78 is 10.8. The largest absolute Gasteiger partial charge is 0.467 e. The molecule has 2 rings (SSSR count). The van der Waals surface area contributed by atoms with Crippen LogP contribution in [0.4, 0.5) is 0 Å². The lowest BCUT2D eigenvalue weighted by molar-refractivity contribution is 0.105. The molecule has 0 aromatic carbocycles. The van der Waals surface area contributed by atoms with Gasteiger partial charge in [-0.1, -0.05) is 6.92 Å². The zero-order valence-electron chi connectivity index (χ0n) is 14.4. The number of rotatable bonds is 10. The molecule has 0 atom stereocenters. The molecule has 2 N–H and O–H groups in total. The molecule has 0 aliphatic rings. The maximum atomic E-state index is 5.56. The van der Waals surface area contributed by atoms with Gasteiger partial charge >= 0.3 is 0 Å². The number of ether oxygens (including phenoxy) is 1. The van der Waals surface area contributed by atoms with Crippen molar-refractivity contribution in [3.05, 3.63) is 40.2 Å². The molecular formula is C17H26N4O2S. The van der Waals surface area contributed by atoms with Crippen molar-refractivity contribution < 1.29 is 9.15 Å². The van der Waals surface area contributed by atoms with Gasteiger partial charge in [0, 0.05) is 25.1 Å². The van der Waals surface area contributed by atoms with Gasteiger partial charge in [0.25, 0.3) is 0 Å². The Morgan fingerprint density at radius 2 is 2.29 bits per heavy atom. The number of nitrogens with one attached hydrogen (secondary N) is 2. The molecule has 6 nitrogen and oxygen atoms in total. The Hall–Kier alpha value is -1.86. The fourth-order valence-electron chi connectivity index (χ4n) is 2.03. The van der Waals surface area contributed by atoms with Crippen molar-refractivity contribution in [2.24, 2.45) is 4.99 Å². The number of aryl methyl sites for hydroxylation is 1. The summed E-state index contributed by atoms with van der Waals surface area (Å²) in [6.45, 7) is 7.61. The molecule has 0 spiro atoms. The van der Waals surface area contributed by atoms with Crippen LogP contribution < -0.4 is 10.6 Å². The van der Waals surface area contributed by atoms with Crippen LogP contribution in [0.2, 0.25) is 0 Å². The van der Waals surface area contributed by atoms with Crippen molar-refractivity contribution in [1.82, 2.24) is 15.6 Å². The van der Waals surface area contributed by atoms with Gasteiger partial charge in [-0.2, -0.15) is 0 Å². The van der Waals surface area contributed by atoms with Crippen molar-refractivity contribution in [2.45, 2.75) is 39.8 Å². The summed E-state index contributed by atoms with van der Waals surface area (Å²) in [7, 11) is 0. The molecule has 0 bridgehead atoms. The van der Waals surface area contributed by atoms with E-state index in [9.17, 15) is 0 Å². The van der Waals surface area contributed by atoms with Gasteiger partial charge in [0.1, 0.15) is 12.4 Å². The van der Waals surface area contributed by atoms with E-state index in [1.54, 1.807) is 17.6 Å². The van der Waals surface area contributed by atoms with Crippen molar-refractivity contribution in [3.63, 3.8) is 0 Å². The molecule has 0 saturated heterocycles. The number of aromatic nitrogens is 1. The minimum atomic E-state index is 0.519. The Morgan fingerprint density at radius 3 is 3.00 bits per heavy atom. The summed E-state index contributed by atoms with van der Waals surface area (Å²) in [5.41, 5.74) is 1.02. The molecule has 2 heterocycles. The van der Waals surface area contributed by atoms with E-state index < -0.39 is 0 Å². The number of furan rings is 1. The lowest BCUT2D eigenvalue weighted by Gasteiger charge is -2.11. The van der Waals surface area contributed by atoms with E-state index in [1.807, 2.05) is 12.1 Å². The standard InChI is InChI=1S/C17H26N4O2S/c1-3-16-21-14(13-24-16)11-20-17(18-4-2)19-8-6-9-22-12-15-7-5-10-23-15/h5,7,10,13H,3-4,6,8-9,11-12H2,1-2H3,(H2,18,19,20). The molecule has 132 valence electrons. The van der Waals surface area contributed by atoms with Crippen LogP contribution >= 0.6 is 11.3 Å². The van der Waals surface area contributed by atoms with Gasteiger partial charge in [-0.05, 0) is 31.9 Å². The second-order valence-corrected chi connectivity index (χ2v) is 6.14. The van der Waals surface area contributed by atoms with Crippen molar-refractivity contribution in [1.29, 1.82) is 0 Å². The predicted molar refractivity (Wildman–Crippen MR) is 97.3 cm³/mol. The van der Waals surface area contributed by atoms with Gasteiger partial charge in [0.05, 0.1) is 23.5 Å². The molecule has 2 aromatic rings. The van der Waals surface area contributed by atoms with Crippen LogP contribution in [0.25, 0.3) is 0 Å². The lowest BCUT2D eigenvalue weighted by Crippen LogP contribution is -2.38. The zero-order chi connectivity index (χ0) is 17.0. The molecule has 0 aliphatic carbocycles. The first kappa shape index (κ1) is 18.5. The molecule has 0 amide bonds. The van der Waals surface area contributed by atoms with Gasteiger partial charge in [0.15, 0.2) is 5.96 Å². The number of hydrogen-bond donors (Lipinski definition) is 2. The molecule has 0 unspecified atom stereocenters. The summed E-state index contributed by atoms with van der Waals surface area (Å²) in [6.07, 6.45) is 3.54. The smallest absolute Gasteiger partial charge is 0.191 e. The Bertz CT molecular complexity index is 596. The van der Waals surface area contributed by atoms with E-state index in [0.29, 0.717) is 19.8 Å². The number of guanidine groups is 1. The van der Waals surface area contributed by atoms with E-state index in [0.717, 1.165) is 48.4 Å².